The number of aromatic amines is 1. The van der Waals surface area contributed by atoms with Gasteiger partial charge >= 0.3 is 0 Å². The van der Waals surface area contributed by atoms with Gasteiger partial charge in [0, 0.05) is 54.0 Å². The van der Waals surface area contributed by atoms with Crippen molar-refractivity contribution in [2.24, 2.45) is 0 Å². The Balaban J connectivity index is 1.34. The molecule has 3 N–H and O–H groups in total. The molecule has 1 unspecified atom stereocenters. The highest BCUT2D eigenvalue weighted by atomic mass is 16.3. The number of hydrogen-bond donors (Lipinski definition) is 3. The van der Waals surface area contributed by atoms with Crippen molar-refractivity contribution in [1.29, 1.82) is 0 Å². The second kappa shape index (κ2) is 7.10. The van der Waals surface area contributed by atoms with Crippen LogP contribution in [0.4, 0.5) is 17.2 Å². The van der Waals surface area contributed by atoms with E-state index in [4.69, 9.17) is 4.98 Å². The van der Waals surface area contributed by atoms with Crippen LogP contribution in [0.2, 0.25) is 0 Å². The molecular weight excluding hydrogens is 390 g/mol. The first-order valence-corrected chi connectivity index (χ1v) is 10.3. The summed E-state index contributed by atoms with van der Waals surface area (Å²) in [6, 6.07) is 14.3. The number of nitrogens with one attached hydrogen (secondary N) is 2. The molecule has 0 spiro atoms. The predicted octanol–water partition coefficient (Wildman–Crippen LogP) is 3.59. The van der Waals surface area contributed by atoms with E-state index < -0.39 is 0 Å². The molecule has 5 aromatic rings. The Morgan fingerprint density at radius 3 is 2.87 bits per heavy atom. The summed E-state index contributed by atoms with van der Waals surface area (Å²) in [6.07, 6.45) is 8.06. The molecule has 1 atom stereocenters. The summed E-state index contributed by atoms with van der Waals surface area (Å²) >= 11 is 0. The van der Waals surface area contributed by atoms with Gasteiger partial charge in [0.2, 0.25) is 0 Å². The van der Waals surface area contributed by atoms with Crippen LogP contribution in [0.5, 0.6) is 0 Å². The smallest absolute Gasteiger partial charge is 0.180 e. The maximum absolute atomic E-state index is 9.78. The van der Waals surface area contributed by atoms with Gasteiger partial charge in [-0.3, -0.25) is 5.10 Å². The third kappa shape index (κ3) is 3.27. The molecule has 2 aromatic carbocycles. The first-order chi connectivity index (χ1) is 15.2. The normalized spacial score (nSPS) is 16.4. The number of aliphatic hydroxyl groups excluding tert-OH is 1. The third-order valence-electron chi connectivity index (χ3n) is 5.77. The molecule has 4 heterocycles. The lowest BCUT2D eigenvalue weighted by Gasteiger charge is -2.18. The van der Waals surface area contributed by atoms with Crippen LogP contribution in [0.3, 0.4) is 0 Å². The number of aromatic nitrogens is 5. The van der Waals surface area contributed by atoms with Crippen LogP contribution in [0.15, 0.2) is 67.3 Å². The molecule has 3 aromatic heterocycles. The maximum Gasteiger partial charge on any atom is 0.180 e. The molecule has 8 heteroatoms. The van der Waals surface area contributed by atoms with Crippen molar-refractivity contribution in [2.45, 2.75) is 12.5 Å². The summed E-state index contributed by atoms with van der Waals surface area (Å²) < 4.78 is 1.97. The van der Waals surface area contributed by atoms with Gasteiger partial charge in [-0.1, -0.05) is 12.1 Å². The van der Waals surface area contributed by atoms with E-state index in [9.17, 15) is 5.11 Å². The second-order valence-corrected chi connectivity index (χ2v) is 7.87. The maximum atomic E-state index is 9.78. The van der Waals surface area contributed by atoms with E-state index in [-0.39, 0.29) is 6.10 Å². The lowest BCUT2D eigenvalue weighted by molar-refractivity contribution is 0.198. The molecule has 154 valence electrons. The van der Waals surface area contributed by atoms with Gasteiger partial charge in [0.1, 0.15) is 0 Å². The quantitative estimate of drug-likeness (QED) is 0.418. The molecule has 1 aliphatic heterocycles. The van der Waals surface area contributed by atoms with Crippen molar-refractivity contribution < 1.29 is 5.11 Å². The molecule has 1 fully saturated rings. The summed E-state index contributed by atoms with van der Waals surface area (Å²) in [5, 5.41) is 21.4. The number of H-pyrrole nitrogens is 1. The average molecular weight is 411 g/mol. The van der Waals surface area contributed by atoms with Crippen LogP contribution in [0.1, 0.15) is 6.42 Å². The monoisotopic (exact) mass is 411 g/mol. The Morgan fingerprint density at radius 2 is 2.03 bits per heavy atom. The van der Waals surface area contributed by atoms with Gasteiger partial charge in [-0.2, -0.15) is 5.10 Å². The van der Waals surface area contributed by atoms with Gasteiger partial charge in [-0.05, 0) is 36.8 Å². The van der Waals surface area contributed by atoms with E-state index >= 15 is 0 Å². The largest absolute Gasteiger partial charge is 0.391 e. The lowest BCUT2D eigenvalue weighted by Crippen LogP contribution is -2.20. The fourth-order valence-electron chi connectivity index (χ4n) is 4.12. The Bertz CT molecular complexity index is 1370. The van der Waals surface area contributed by atoms with Gasteiger partial charge < -0.3 is 19.7 Å². The van der Waals surface area contributed by atoms with E-state index in [0.29, 0.717) is 12.4 Å². The van der Waals surface area contributed by atoms with Crippen LogP contribution in [-0.2, 0) is 0 Å². The SMILES string of the molecule is OC1CCN(c2ccc(Nc3nc(-c4ccc5cn[nH]c5c4)cn4ccnc34)cc2)C1. The standard InChI is InChI=1S/C23H21N7O/c31-19-7-9-29(13-19)18-5-3-17(4-6-18)26-22-23-24-8-10-30(23)14-21(27-22)15-1-2-16-12-25-28-20(16)11-15/h1-6,8,10-12,14,19,31H,7,9,13H2,(H,25,28)(H,26,27). The number of fused-ring (bicyclic) bond motifs is 2. The van der Waals surface area contributed by atoms with Crippen molar-refractivity contribution in [3.05, 3.63) is 67.3 Å². The first kappa shape index (κ1) is 17.9. The highest BCUT2D eigenvalue weighted by Gasteiger charge is 2.20. The second-order valence-electron chi connectivity index (χ2n) is 7.87. The molecule has 31 heavy (non-hydrogen) atoms. The minimum Gasteiger partial charge on any atom is -0.391 e. The number of imidazole rings is 1. The van der Waals surface area contributed by atoms with Crippen LogP contribution in [0, 0.1) is 0 Å². The third-order valence-corrected chi connectivity index (χ3v) is 5.77. The van der Waals surface area contributed by atoms with Crippen molar-refractivity contribution in [2.75, 3.05) is 23.3 Å². The Kier molecular flexibility index (Phi) is 4.10. The van der Waals surface area contributed by atoms with Crippen molar-refractivity contribution in [3.63, 3.8) is 0 Å². The fraction of sp³-hybridized carbons (Fsp3) is 0.174. The molecule has 1 aliphatic rings. The summed E-state index contributed by atoms with van der Waals surface area (Å²) in [6.45, 7) is 1.57. The summed E-state index contributed by atoms with van der Waals surface area (Å²) in [5.74, 6) is 0.691. The number of aliphatic hydroxyl groups is 1. The molecule has 0 radical (unpaired) electrons. The first-order valence-electron chi connectivity index (χ1n) is 10.3. The molecular formula is C23H21N7O. The van der Waals surface area contributed by atoms with Gasteiger partial charge in [-0.15, -0.1) is 0 Å². The predicted molar refractivity (Wildman–Crippen MR) is 121 cm³/mol. The van der Waals surface area contributed by atoms with Crippen LogP contribution >= 0.6 is 0 Å². The van der Waals surface area contributed by atoms with Crippen LogP contribution in [0.25, 0.3) is 27.8 Å². The summed E-state index contributed by atoms with van der Waals surface area (Å²) in [5.41, 5.74) is 5.62. The van der Waals surface area contributed by atoms with Crippen LogP contribution in [-0.4, -0.2) is 48.9 Å². The van der Waals surface area contributed by atoms with E-state index in [1.54, 1.807) is 6.20 Å². The van der Waals surface area contributed by atoms with Gasteiger partial charge in [-0.25, -0.2) is 9.97 Å². The fourth-order valence-corrected chi connectivity index (χ4v) is 4.12. The molecule has 0 aliphatic carbocycles. The Labute approximate surface area is 178 Å². The van der Waals surface area contributed by atoms with Gasteiger partial charge in [0.15, 0.2) is 11.5 Å². The number of anilines is 3. The van der Waals surface area contributed by atoms with E-state index in [1.165, 1.54) is 0 Å². The average Bonchev–Trinajstić information content (AvgIpc) is 3.54. The zero-order valence-corrected chi connectivity index (χ0v) is 16.7. The van der Waals surface area contributed by atoms with Gasteiger partial charge in [0.25, 0.3) is 0 Å². The molecule has 6 rings (SSSR count). The Hall–Kier alpha value is -3.91. The van der Waals surface area contributed by atoms with Crippen molar-refractivity contribution in [3.8, 4) is 11.3 Å². The summed E-state index contributed by atoms with van der Waals surface area (Å²) in [4.78, 5) is 11.5. The van der Waals surface area contributed by atoms with Crippen molar-refractivity contribution in [1.82, 2.24) is 24.6 Å². The molecule has 8 nitrogen and oxygen atoms in total. The minimum atomic E-state index is -0.237. The molecule has 0 saturated carbocycles. The number of benzene rings is 2. The molecule has 1 saturated heterocycles. The van der Waals surface area contributed by atoms with Crippen LogP contribution < -0.4 is 10.2 Å². The minimum absolute atomic E-state index is 0.237. The zero-order valence-electron chi connectivity index (χ0n) is 16.7. The highest BCUT2D eigenvalue weighted by molar-refractivity contribution is 5.84. The van der Waals surface area contributed by atoms with E-state index in [2.05, 4.69) is 43.6 Å². The lowest BCUT2D eigenvalue weighted by atomic mass is 10.1. The number of nitrogens with zero attached hydrogens (tertiary/aromatic N) is 5. The topological polar surface area (TPSA) is 94.4 Å². The number of rotatable bonds is 4. The molecule has 0 amide bonds. The molecule has 0 bridgehead atoms. The zero-order chi connectivity index (χ0) is 20.8. The van der Waals surface area contributed by atoms with Crippen molar-refractivity contribution >= 4 is 33.7 Å². The van der Waals surface area contributed by atoms with Gasteiger partial charge in [0.05, 0.1) is 23.5 Å². The van der Waals surface area contributed by atoms with E-state index in [1.807, 2.05) is 47.3 Å². The highest BCUT2D eigenvalue weighted by Crippen LogP contribution is 2.28. The Morgan fingerprint density at radius 1 is 1.13 bits per heavy atom. The van der Waals surface area contributed by atoms with E-state index in [0.717, 1.165) is 52.1 Å². The summed E-state index contributed by atoms with van der Waals surface area (Å²) in [7, 11) is 0. The number of hydrogen-bond acceptors (Lipinski definition) is 6. The number of β-amino-alcohol motifs (C(OH)–C–C–N with tert-alkyl or cyclic N) is 1.